The molecule has 0 unspecified atom stereocenters. The zero-order valence-corrected chi connectivity index (χ0v) is 11.4. The van der Waals surface area contributed by atoms with Crippen LogP contribution >= 0.6 is 11.3 Å². The van der Waals surface area contributed by atoms with Crippen molar-refractivity contribution in [3.63, 3.8) is 0 Å². The summed E-state index contributed by atoms with van der Waals surface area (Å²) in [4.78, 5) is 17.8. The second-order valence-corrected chi connectivity index (χ2v) is 5.27. The van der Waals surface area contributed by atoms with E-state index in [2.05, 4.69) is 27.3 Å². The fourth-order valence-electron chi connectivity index (χ4n) is 2.19. The number of thiazole rings is 1. The largest absolute Gasteiger partial charge is 0.478 e. The minimum absolute atomic E-state index is 0.289. The molecule has 100 valence electrons. The van der Waals surface area contributed by atoms with Crippen molar-refractivity contribution in [3.05, 3.63) is 28.5 Å². The molecule has 0 spiro atoms. The second-order valence-electron chi connectivity index (χ2n) is 4.43. The Kier molecular flexibility index (Phi) is 2.98. The number of anilines is 1. The van der Waals surface area contributed by atoms with Gasteiger partial charge < -0.3 is 10.0 Å². The highest BCUT2D eigenvalue weighted by atomic mass is 32.1. The molecule has 0 atom stereocenters. The number of nitrogens with zero attached hydrogens (tertiary/aromatic N) is 4. The number of aryl methyl sites for hydroxylation is 1. The van der Waals surface area contributed by atoms with Gasteiger partial charge >= 0.3 is 5.97 Å². The summed E-state index contributed by atoms with van der Waals surface area (Å²) in [6, 6.07) is 0. The molecule has 2 aromatic heterocycles. The van der Waals surface area contributed by atoms with Crippen LogP contribution in [0.4, 0.5) is 5.13 Å². The standard InChI is InChI=1S/C12H14N4O2S/c1-2-8-7-19-12(14-8)15-3-4-16-10(6-15)9(5-13-16)11(17)18/h5,7H,2-4,6H2,1H3,(H,17,18). The Bertz CT molecular complexity index is 619. The molecule has 3 heterocycles. The monoisotopic (exact) mass is 278 g/mol. The molecule has 3 rings (SSSR count). The molecular weight excluding hydrogens is 264 g/mol. The summed E-state index contributed by atoms with van der Waals surface area (Å²) < 4.78 is 1.77. The van der Waals surface area contributed by atoms with Gasteiger partial charge in [0.15, 0.2) is 5.13 Å². The van der Waals surface area contributed by atoms with Gasteiger partial charge in [-0.3, -0.25) is 4.68 Å². The van der Waals surface area contributed by atoms with Crippen molar-refractivity contribution in [2.75, 3.05) is 11.4 Å². The van der Waals surface area contributed by atoms with Gasteiger partial charge in [-0.15, -0.1) is 11.3 Å². The van der Waals surface area contributed by atoms with Crippen molar-refractivity contribution in [1.29, 1.82) is 0 Å². The van der Waals surface area contributed by atoms with E-state index in [9.17, 15) is 4.79 Å². The summed E-state index contributed by atoms with van der Waals surface area (Å²) in [7, 11) is 0. The lowest BCUT2D eigenvalue weighted by Crippen LogP contribution is -2.34. The highest BCUT2D eigenvalue weighted by molar-refractivity contribution is 7.13. The van der Waals surface area contributed by atoms with Gasteiger partial charge in [-0.1, -0.05) is 6.92 Å². The lowest BCUT2D eigenvalue weighted by atomic mass is 10.2. The molecule has 0 aliphatic carbocycles. The van der Waals surface area contributed by atoms with E-state index >= 15 is 0 Å². The van der Waals surface area contributed by atoms with Gasteiger partial charge in [0, 0.05) is 11.9 Å². The molecule has 0 fully saturated rings. The first-order valence-corrected chi connectivity index (χ1v) is 7.04. The predicted octanol–water partition coefficient (Wildman–Crippen LogP) is 1.62. The minimum atomic E-state index is -0.920. The van der Waals surface area contributed by atoms with Crippen LogP contribution in [0.15, 0.2) is 11.6 Å². The van der Waals surface area contributed by atoms with E-state index in [-0.39, 0.29) is 5.56 Å². The zero-order valence-electron chi connectivity index (χ0n) is 10.5. The SMILES string of the molecule is CCc1csc(N2CCn3ncc(C(=O)O)c3C2)n1. The van der Waals surface area contributed by atoms with Crippen molar-refractivity contribution in [3.8, 4) is 0 Å². The van der Waals surface area contributed by atoms with E-state index in [0.717, 1.165) is 29.5 Å². The van der Waals surface area contributed by atoms with Crippen LogP contribution in [-0.4, -0.2) is 32.4 Å². The third kappa shape index (κ3) is 2.10. The maximum atomic E-state index is 11.1. The highest BCUT2D eigenvalue weighted by Gasteiger charge is 2.24. The lowest BCUT2D eigenvalue weighted by Gasteiger charge is -2.27. The van der Waals surface area contributed by atoms with Crippen LogP contribution in [0.3, 0.4) is 0 Å². The molecule has 0 bridgehead atoms. The lowest BCUT2D eigenvalue weighted by molar-refractivity contribution is 0.0695. The van der Waals surface area contributed by atoms with Crippen LogP contribution in [0, 0.1) is 0 Å². The number of aromatic nitrogens is 3. The highest BCUT2D eigenvalue weighted by Crippen LogP contribution is 2.26. The first-order valence-electron chi connectivity index (χ1n) is 6.16. The fraction of sp³-hybridized carbons (Fsp3) is 0.417. The average Bonchev–Trinajstić information content (AvgIpc) is 3.04. The Balaban J connectivity index is 1.88. The predicted molar refractivity (Wildman–Crippen MR) is 71.7 cm³/mol. The van der Waals surface area contributed by atoms with Gasteiger partial charge in [-0.2, -0.15) is 5.10 Å². The summed E-state index contributed by atoms with van der Waals surface area (Å²) in [5, 5.41) is 16.3. The molecule has 0 radical (unpaired) electrons. The Labute approximate surface area is 114 Å². The second kappa shape index (κ2) is 4.65. The van der Waals surface area contributed by atoms with Crippen LogP contribution in [0.25, 0.3) is 0 Å². The quantitative estimate of drug-likeness (QED) is 0.923. The van der Waals surface area contributed by atoms with E-state index in [0.29, 0.717) is 13.1 Å². The third-order valence-corrected chi connectivity index (χ3v) is 4.22. The van der Waals surface area contributed by atoms with E-state index in [1.807, 2.05) is 0 Å². The van der Waals surface area contributed by atoms with Crippen LogP contribution in [0.5, 0.6) is 0 Å². The number of carboxylic acid groups (broad SMARTS) is 1. The maximum Gasteiger partial charge on any atom is 0.339 e. The molecule has 19 heavy (non-hydrogen) atoms. The van der Waals surface area contributed by atoms with Crippen LogP contribution in [0.2, 0.25) is 0 Å². The van der Waals surface area contributed by atoms with Gasteiger partial charge in [0.25, 0.3) is 0 Å². The topological polar surface area (TPSA) is 71.2 Å². The molecule has 2 aromatic rings. The maximum absolute atomic E-state index is 11.1. The van der Waals surface area contributed by atoms with Crippen LogP contribution in [0.1, 0.15) is 28.7 Å². The molecule has 1 aliphatic heterocycles. The van der Waals surface area contributed by atoms with E-state index < -0.39 is 5.97 Å². The van der Waals surface area contributed by atoms with Gasteiger partial charge in [-0.05, 0) is 6.42 Å². The van der Waals surface area contributed by atoms with Crippen molar-refractivity contribution in [2.24, 2.45) is 0 Å². The van der Waals surface area contributed by atoms with Gasteiger partial charge in [-0.25, -0.2) is 9.78 Å². The van der Waals surface area contributed by atoms with Crippen molar-refractivity contribution in [1.82, 2.24) is 14.8 Å². The summed E-state index contributed by atoms with van der Waals surface area (Å²) >= 11 is 1.61. The number of hydrogen-bond donors (Lipinski definition) is 1. The molecule has 0 saturated carbocycles. The van der Waals surface area contributed by atoms with E-state index in [1.165, 1.54) is 6.20 Å². The molecule has 0 amide bonds. The first-order chi connectivity index (χ1) is 9.19. The molecule has 6 nitrogen and oxygen atoms in total. The van der Waals surface area contributed by atoms with E-state index in [4.69, 9.17) is 5.11 Å². The molecule has 7 heteroatoms. The molecule has 1 aliphatic rings. The summed E-state index contributed by atoms with van der Waals surface area (Å²) in [6.07, 6.45) is 2.35. The van der Waals surface area contributed by atoms with E-state index in [1.54, 1.807) is 16.0 Å². The Morgan fingerprint density at radius 1 is 1.53 bits per heavy atom. The van der Waals surface area contributed by atoms with Gasteiger partial charge in [0.2, 0.25) is 0 Å². The van der Waals surface area contributed by atoms with Crippen molar-refractivity contribution < 1.29 is 9.90 Å². The molecular formula is C12H14N4O2S. The van der Waals surface area contributed by atoms with Crippen LogP contribution in [-0.2, 0) is 19.5 Å². The summed E-state index contributed by atoms with van der Waals surface area (Å²) in [5.41, 5.74) is 2.13. The first kappa shape index (κ1) is 12.2. The smallest absolute Gasteiger partial charge is 0.339 e. The summed E-state index contributed by atoms with van der Waals surface area (Å²) in [6.45, 7) is 4.14. The zero-order chi connectivity index (χ0) is 13.4. The minimum Gasteiger partial charge on any atom is -0.478 e. The number of fused-ring (bicyclic) bond motifs is 1. The third-order valence-electron chi connectivity index (χ3n) is 3.27. The number of hydrogen-bond acceptors (Lipinski definition) is 5. The van der Waals surface area contributed by atoms with Gasteiger partial charge in [0.1, 0.15) is 5.56 Å². The average molecular weight is 278 g/mol. The number of aromatic carboxylic acids is 1. The number of carboxylic acids is 1. The summed E-state index contributed by atoms with van der Waals surface area (Å²) in [5.74, 6) is -0.920. The normalized spacial score (nSPS) is 14.5. The molecule has 0 saturated heterocycles. The Hall–Kier alpha value is -1.89. The van der Waals surface area contributed by atoms with Crippen LogP contribution < -0.4 is 4.90 Å². The Morgan fingerprint density at radius 3 is 3.05 bits per heavy atom. The van der Waals surface area contributed by atoms with Crippen molar-refractivity contribution >= 4 is 22.4 Å². The number of carbonyl (C=O) groups is 1. The molecule has 0 aromatic carbocycles. The van der Waals surface area contributed by atoms with Crippen molar-refractivity contribution in [2.45, 2.75) is 26.4 Å². The van der Waals surface area contributed by atoms with Gasteiger partial charge in [0.05, 0.1) is 30.7 Å². The Morgan fingerprint density at radius 2 is 2.37 bits per heavy atom. The number of rotatable bonds is 3. The molecule has 1 N–H and O–H groups in total. The fourth-order valence-corrected chi connectivity index (χ4v) is 3.13.